The minimum atomic E-state index is -1.45. The van der Waals surface area contributed by atoms with Crippen LogP contribution in [0.3, 0.4) is 0 Å². The van der Waals surface area contributed by atoms with E-state index in [9.17, 15) is 13.6 Å². The number of ether oxygens (including phenoxy) is 1. The van der Waals surface area contributed by atoms with Gasteiger partial charge in [0.05, 0.1) is 6.20 Å². The van der Waals surface area contributed by atoms with Crippen molar-refractivity contribution >= 4 is 16.9 Å². The summed E-state index contributed by atoms with van der Waals surface area (Å²) < 4.78 is 34.4. The molecule has 1 aliphatic rings. The van der Waals surface area contributed by atoms with Crippen molar-refractivity contribution in [1.82, 2.24) is 9.78 Å². The third-order valence-electron chi connectivity index (χ3n) is 3.43. The number of benzene rings is 1. The van der Waals surface area contributed by atoms with Crippen LogP contribution in [0.25, 0.3) is 10.9 Å². The summed E-state index contributed by atoms with van der Waals surface area (Å²) in [6.45, 7) is 0.542. The molecule has 1 fully saturated rings. The molecule has 7 heteroatoms. The summed E-state index contributed by atoms with van der Waals surface area (Å²) in [4.78, 5) is 11.1. The van der Waals surface area contributed by atoms with Crippen LogP contribution in [0.4, 0.5) is 8.78 Å². The maximum atomic E-state index is 14.0. The number of aromatic carboxylic acids is 1. The molecule has 2 aromatic rings. The third kappa shape index (κ3) is 1.94. The predicted octanol–water partition coefficient (Wildman–Crippen LogP) is 2.71. The molecular formula is C13H12F2N2O3. The van der Waals surface area contributed by atoms with Gasteiger partial charge < -0.3 is 9.84 Å². The van der Waals surface area contributed by atoms with E-state index in [0.717, 1.165) is 12.8 Å². The van der Waals surface area contributed by atoms with Gasteiger partial charge in [-0.3, -0.25) is 0 Å². The van der Waals surface area contributed by atoms with E-state index in [1.165, 1.54) is 10.9 Å². The highest BCUT2D eigenvalue weighted by Gasteiger charge is 2.25. The van der Waals surface area contributed by atoms with Crippen LogP contribution < -0.4 is 0 Å². The van der Waals surface area contributed by atoms with Crippen molar-refractivity contribution in [3.05, 3.63) is 29.5 Å². The Morgan fingerprint density at radius 3 is 2.85 bits per heavy atom. The number of carboxylic acids is 1. The number of carbonyl (C=O) groups is 1. The van der Waals surface area contributed by atoms with Gasteiger partial charge in [0.1, 0.15) is 16.9 Å². The first-order chi connectivity index (χ1) is 9.59. The number of carboxylic acid groups (broad SMARTS) is 1. The molecular weight excluding hydrogens is 270 g/mol. The average molecular weight is 282 g/mol. The van der Waals surface area contributed by atoms with E-state index >= 15 is 0 Å². The second-order valence-corrected chi connectivity index (χ2v) is 4.69. The molecule has 2 heterocycles. The Bertz CT molecular complexity index is 678. The number of aromatic nitrogens is 2. The minimum absolute atomic E-state index is 0.0318. The Morgan fingerprint density at radius 2 is 2.20 bits per heavy atom. The van der Waals surface area contributed by atoms with Crippen LogP contribution in [0.2, 0.25) is 0 Å². The fraction of sp³-hybridized carbons (Fsp3) is 0.385. The van der Waals surface area contributed by atoms with Crippen molar-refractivity contribution in [1.29, 1.82) is 0 Å². The van der Waals surface area contributed by atoms with Crippen LogP contribution in [0, 0.1) is 11.6 Å². The molecule has 1 aliphatic heterocycles. The summed E-state index contributed by atoms with van der Waals surface area (Å²) in [5.74, 6) is -3.39. The Morgan fingerprint density at radius 1 is 1.40 bits per heavy atom. The van der Waals surface area contributed by atoms with E-state index in [4.69, 9.17) is 9.84 Å². The van der Waals surface area contributed by atoms with Gasteiger partial charge in [0.2, 0.25) is 0 Å². The number of fused-ring (bicyclic) bond motifs is 1. The summed E-state index contributed by atoms with van der Waals surface area (Å²) in [6.07, 6.45) is 3.23. The number of hydrogen-bond acceptors (Lipinski definition) is 3. The van der Waals surface area contributed by atoms with Crippen LogP contribution in [0.15, 0.2) is 12.3 Å². The highest BCUT2D eigenvalue weighted by atomic mass is 19.1. The maximum Gasteiger partial charge on any atom is 0.339 e. The lowest BCUT2D eigenvalue weighted by atomic mass is 10.1. The fourth-order valence-electron chi connectivity index (χ4n) is 2.52. The first-order valence-corrected chi connectivity index (χ1v) is 6.29. The Balaban J connectivity index is 2.21. The molecule has 1 aromatic carbocycles. The zero-order valence-corrected chi connectivity index (χ0v) is 10.5. The van der Waals surface area contributed by atoms with Crippen LogP contribution in [0.1, 0.15) is 35.8 Å². The second kappa shape index (κ2) is 4.82. The number of nitrogens with zero attached hydrogens (tertiary/aromatic N) is 2. The Kier molecular flexibility index (Phi) is 3.13. The maximum absolute atomic E-state index is 14.0. The molecule has 1 saturated heterocycles. The highest BCUT2D eigenvalue weighted by Crippen LogP contribution is 2.30. The molecule has 0 saturated carbocycles. The first-order valence-electron chi connectivity index (χ1n) is 6.29. The SMILES string of the molecule is O=C(O)c1c(F)cc(F)c2c1cnn2C1CCCCO1. The van der Waals surface area contributed by atoms with Gasteiger partial charge >= 0.3 is 5.97 Å². The molecule has 1 N–H and O–H groups in total. The Hall–Kier alpha value is -2.02. The number of hydrogen-bond donors (Lipinski definition) is 1. The zero-order valence-electron chi connectivity index (χ0n) is 10.5. The van der Waals surface area contributed by atoms with Crippen LogP contribution >= 0.6 is 0 Å². The monoisotopic (exact) mass is 282 g/mol. The number of rotatable bonds is 2. The fourth-order valence-corrected chi connectivity index (χ4v) is 2.52. The first kappa shape index (κ1) is 13.0. The smallest absolute Gasteiger partial charge is 0.339 e. The lowest BCUT2D eigenvalue weighted by Crippen LogP contribution is -2.19. The minimum Gasteiger partial charge on any atom is -0.478 e. The molecule has 1 unspecified atom stereocenters. The van der Waals surface area contributed by atoms with E-state index in [0.29, 0.717) is 19.1 Å². The van der Waals surface area contributed by atoms with E-state index in [2.05, 4.69) is 5.10 Å². The molecule has 0 radical (unpaired) electrons. The molecule has 3 rings (SSSR count). The third-order valence-corrected chi connectivity index (χ3v) is 3.43. The van der Waals surface area contributed by atoms with Gasteiger partial charge in [-0.1, -0.05) is 0 Å². The van der Waals surface area contributed by atoms with Crippen LogP contribution in [-0.2, 0) is 4.74 Å². The molecule has 5 nitrogen and oxygen atoms in total. The summed E-state index contributed by atoms with van der Waals surface area (Å²) in [7, 11) is 0. The topological polar surface area (TPSA) is 64.3 Å². The van der Waals surface area contributed by atoms with Crippen molar-refractivity contribution in [2.75, 3.05) is 6.61 Å². The van der Waals surface area contributed by atoms with Crippen molar-refractivity contribution in [2.24, 2.45) is 0 Å². The molecule has 0 amide bonds. The van der Waals surface area contributed by atoms with Gasteiger partial charge in [-0.2, -0.15) is 5.10 Å². The van der Waals surface area contributed by atoms with Gasteiger partial charge in [0, 0.05) is 18.1 Å². The van der Waals surface area contributed by atoms with Crippen LogP contribution in [0.5, 0.6) is 0 Å². The standard InChI is InChI=1S/C13H12F2N2O3/c14-8-5-9(15)12-7(11(8)13(18)19)6-16-17(12)10-3-1-2-4-20-10/h5-6,10H,1-4H2,(H,18,19). The lowest BCUT2D eigenvalue weighted by molar-refractivity contribution is -0.0369. The van der Waals surface area contributed by atoms with Crippen molar-refractivity contribution in [3.63, 3.8) is 0 Å². The van der Waals surface area contributed by atoms with E-state index < -0.39 is 29.4 Å². The van der Waals surface area contributed by atoms with Crippen molar-refractivity contribution in [3.8, 4) is 0 Å². The molecule has 106 valence electrons. The number of halogens is 2. The van der Waals surface area contributed by atoms with Gasteiger partial charge in [-0.05, 0) is 19.3 Å². The normalized spacial score (nSPS) is 19.4. The summed E-state index contributed by atoms with van der Waals surface area (Å²) in [5.41, 5.74) is -0.598. The highest BCUT2D eigenvalue weighted by molar-refractivity contribution is 6.03. The van der Waals surface area contributed by atoms with E-state index in [1.54, 1.807) is 0 Å². The van der Waals surface area contributed by atoms with Gasteiger partial charge in [0.25, 0.3) is 0 Å². The lowest BCUT2D eigenvalue weighted by Gasteiger charge is -2.23. The molecule has 0 aliphatic carbocycles. The predicted molar refractivity (Wildman–Crippen MR) is 65.4 cm³/mol. The average Bonchev–Trinajstić information content (AvgIpc) is 2.84. The largest absolute Gasteiger partial charge is 0.478 e. The molecule has 0 bridgehead atoms. The van der Waals surface area contributed by atoms with Gasteiger partial charge in [-0.15, -0.1) is 0 Å². The summed E-state index contributed by atoms with van der Waals surface area (Å²) in [5, 5.41) is 13.0. The molecule has 1 aromatic heterocycles. The Labute approximate surface area is 112 Å². The van der Waals surface area contributed by atoms with Crippen molar-refractivity contribution < 1.29 is 23.4 Å². The molecule has 20 heavy (non-hydrogen) atoms. The summed E-state index contributed by atoms with van der Waals surface area (Å²) >= 11 is 0. The van der Waals surface area contributed by atoms with Gasteiger partial charge in [0.15, 0.2) is 12.0 Å². The second-order valence-electron chi connectivity index (χ2n) is 4.69. The van der Waals surface area contributed by atoms with Crippen molar-refractivity contribution in [2.45, 2.75) is 25.5 Å². The summed E-state index contributed by atoms with van der Waals surface area (Å²) in [6, 6.07) is 0.576. The van der Waals surface area contributed by atoms with E-state index in [1.807, 2.05) is 0 Å². The quantitative estimate of drug-likeness (QED) is 0.919. The van der Waals surface area contributed by atoms with Gasteiger partial charge in [-0.25, -0.2) is 18.3 Å². The zero-order chi connectivity index (χ0) is 14.3. The van der Waals surface area contributed by atoms with Crippen LogP contribution in [-0.4, -0.2) is 27.5 Å². The van der Waals surface area contributed by atoms with E-state index in [-0.39, 0.29) is 10.9 Å². The molecule has 0 spiro atoms. The molecule has 1 atom stereocenters.